The average molecular weight is 349 g/mol. The Morgan fingerprint density at radius 3 is 2.56 bits per heavy atom. The maximum Gasteiger partial charge on any atom is 0.148 e. The summed E-state index contributed by atoms with van der Waals surface area (Å²) in [6, 6.07) is 5.34. The summed E-state index contributed by atoms with van der Waals surface area (Å²) in [4.78, 5) is 2.66. The monoisotopic (exact) mass is 349 g/mol. The Morgan fingerprint density at radius 1 is 1.24 bits per heavy atom. The fourth-order valence-corrected chi connectivity index (χ4v) is 4.38. The van der Waals surface area contributed by atoms with E-state index in [2.05, 4.69) is 24.1 Å². The van der Waals surface area contributed by atoms with Crippen LogP contribution in [-0.4, -0.2) is 42.3 Å². The molecule has 0 amide bonds. The first-order valence-corrected chi connectivity index (χ1v) is 9.69. The number of nitrogens with one attached hydrogen (secondary N) is 1. The van der Waals surface area contributed by atoms with Crippen LogP contribution in [0.3, 0.4) is 0 Å². The van der Waals surface area contributed by atoms with Crippen LogP contribution in [0.1, 0.15) is 52.4 Å². The molecule has 3 rings (SSSR count). The molecule has 0 aromatic heterocycles. The molecule has 0 unspecified atom stereocenters. The van der Waals surface area contributed by atoms with E-state index in [1.165, 1.54) is 31.7 Å². The molecule has 1 heterocycles. The zero-order valence-corrected chi connectivity index (χ0v) is 15.6. The Morgan fingerprint density at radius 2 is 1.92 bits per heavy atom. The van der Waals surface area contributed by atoms with Gasteiger partial charge in [-0.3, -0.25) is 4.90 Å². The van der Waals surface area contributed by atoms with Gasteiger partial charge in [-0.1, -0.05) is 6.07 Å². The van der Waals surface area contributed by atoms with E-state index in [-0.39, 0.29) is 11.5 Å². The van der Waals surface area contributed by atoms with E-state index in [9.17, 15) is 4.39 Å². The predicted molar refractivity (Wildman–Crippen MR) is 101 cm³/mol. The Bertz CT molecular complexity index is 564. The molecule has 0 atom stereocenters. The highest BCUT2D eigenvalue weighted by Gasteiger charge is 2.38. The lowest BCUT2D eigenvalue weighted by Crippen LogP contribution is -2.53. The highest BCUT2D eigenvalue weighted by Crippen LogP contribution is 2.36. The van der Waals surface area contributed by atoms with E-state index in [1.807, 2.05) is 6.07 Å². The highest BCUT2D eigenvalue weighted by atomic mass is 19.1. The first kappa shape index (κ1) is 18.5. The third-order valence-electron chi connectivity index (χ3n) is 6.08. The second kappa shape index (κ2) is 7.92. The molecule has 1 aromatic carbocycles. The van der Waals surface area contributed by atoms with Crippen LogP contribution in [0.2, 0.25) is 0 Å². The minimum absolute atomic E-state index is 0.228. The first-order chi connectivity index (χ1) is 12.0. The summed E-state index contributed by atoms with van der Waals surface area (Å²) >= 11 is 0. The third-order valence-corrected chi connectivity index (χ3v) is 6.08. The van der Waals surface area contributed by atoms with E-state index in [0.29, 0.717) is 17.7 Å². The first-order valence-electron chi connectivity index (χ1n) is 9.69. The van der Waals surface area contributed by atoms with Crippen molar-refractivity contribution in [1.82, 2.24) is 4.90 Å². The third kappa shape index (κ3) is 4.26. The van der Waals surface area contributed by atoms with Crippen molar-refractivity contribution < 1.29 is 9.13 Å². The van der Waals surface area contributed by atoms with Crippen molar-refractivity contribution in [2.45, 2.75) is 70.1 Å². The molecule has 3 N–H and O–H groups in total. The van der Waals surface area contributed by atoms with Crippen LogP contribution >= 0.6 is 0 Å². The van der Waals surface area contributed by atoms with E-state index in [0.717, 1.165) is 38.2 Å². The minimum Gasteiger partial charge on any atom is -0.395 e. The van der Waals surface area contributed by atoms with Crippen LogP contribution in [0.4, 0.5) is 15.8 Å². The summed E-state index contributed by atoms with van der Waals surface area (Å²) in [5, 5.41) is 3.44. The normalized spacial score (nSPS) is 28.8. The van der Waals surface area contributed by atoms with E-state index < -0.39 is 0 Å². The summed E-state index contributed by atoms with van der Waals surface area (Å²) in [5.74, 6) is -0.346. The van der Waals surface area contributed by atoms with E-state index in [1.54, 1.807) is 6.07 Å². The van der Waals surface area contributed by atoms with Gasteiger partial charge in [0.05, 0.1) is 17.5 Å². The van der Waals surface area contributed by atoms with Crippen molar-refractivity contribution in [1.29, 1.82) is 0 Å². The van der Waals surface area contributed by atoms with Gasteiger partial charge in [-0.2, -0.15) is 0 Å². The summed E-state index contributed by atoms with van der Waals surface area (Å²) in [7, 11) is 0. The van der Waals surface area contributed by atoms with Crippen LogP contribution in [0.25, 0.3) is 0 Å². The second-order valence-corrected chi connectivity index (χ2v) is 7.76. The van der Waals surface area contributed by atoms with Gasteiger partial charge in [0.1, 0.15) is 5.82 Å². The summed E-state index contributed by atoms with van der Waals surface area (Å²) in [6.45, 7) is 7.48. The van der Waals surface area contributed by atoms with Crippen molar-refractivity contribution in [3.8, 4) is 0 Å². The SMILES string of the molecule is CCOC1CCC(C)(N2CCC(Nc3cccc(F)c3N)CC2)CC1. The molecule has 140 valence electrons. The van der Waals surface area contributed by atoms with Gasteiger partial charge < -0.3 is 15.8 Å². The topological polar surface area (TPSA) is 50.5 Å². The predicted octanol–water partition coefficient (Wildman–Crippen LogP) is 4.02. The smallest absolute Gasteiger partial charge is 0.148 e. The lowest BCUT2D eigenvalue weighted by atomic mass is 9.79. The number of anilines is 2. The molecule has 2 fully saturated rings. The lowest BCUT2D eigenvalue weighted by molar-refractivity contribution is -0.0242. The minimum atomic E-state index is -0.346. The lowest BCUT2D eigenvalue weighted by Gasteiger charge is -2.48. The van der Waals surface area contributed by atoms with Crippen LogP contribution in [0, 0.1) is 5.82 Å². The number of para-hydroxylation sites is 1. The highest BCUT2D eigenvalue weighted by molar-refractivity contribution is 5.66. The number of likely N-dealkylation sites (tertiary alicyclic amines) is 1. The molecule has 1 saturated carbocycles. The molecule has 1 saturated heterocycles. The van der Waals surface area contributed by atoms with E-state index >= 15 is 0 Å². The molecule has 5 heteroatoms. The fraction of sp³-hybridized carbons (Fsp3) is 0.700. The number of nitrogens with zero attached hydrogens (tertiary/aromatic N) is 1. The number of ether oxygens (including phenoxy) is 1. The van der Waals surface area contributed by atoms with Crippen LogP contribution in [0.15, 0.2) is 18.2 Å². The molecule has 25 heavy (non-hydrogen) atoms. The quantitative estimate of drug-likeness (QED) is 0.788. The molecular formula is C20H32FN3O. The maximum atomic E-state index is 13.6. The zero-order chi connectivity index (χ0) is 17.9. The number of nitrogen functional groups attached to an aromatic ring is 1. The molecule has 0 bridgehead atoms. The fourth-order valence-electron chi connectivity index (χ4n) is 4.38. The molecule has 1 aliphatic heterocycles. The number of halogens is 1. The molecular weight excluding hydrogens is 317 g/mol. The average Bonchev–Trinajstić information content (AvgIpc) is 2.62. The van der Waals surface area contributed by atoms with Crippen molar-refractivity contribution in [2.24, 2.45) is 0 Å². The van der Waals surface area contributed by atoms with Gasteiger partial charge in [0.15, 0.2) is 0 Å². The largest absolute Gasteiger partial charge is 0.395 e. The summed E-state index contributed by atoms with van der Waals surface area (Å²) in [6.07, 6.45) is 7.36. The molecule has 0 radical (unpaired) electrons. The number of rotatable bonds is 5. The Kier molecular flexibility index (Phi) is 5.85. The molecule has 2 aliphatic rings. The Balaban J connectivity index is 1.51. The second-order valence-electron chi connectivity index (χ2n) is 7.76. The van der Waals surface area contributed by atoms with Crippen LogP contribution < -0.4 is 11.1 Å². The van der Waals surface area contributed by atoms with E-state index in [4.69, 9.17) is 10.5 Å². The van der Waals surface area contributed by atoms with Crippen molar-refractivity contribution in [3.63, 3.8) is 0 Å². The Labute approximate surface area is 150 Å². The standard InChI is InChI=1S/C20H32FN3O/c1-3-25-16-7-11-20(2,12-8-16)24-13-9-15(10-14-24)23-18-6-4-5-17(21)19(18)22/h4-6,15-16,23H,3,7-14,22H2,1-2H3. The number of hydrogen-bond donors (Lipinski definition) is 2. The van der Waals surface area contributed by atoms with Gasteiger partial charge in [0.25, 0.3) is 0 Å². The molecule has 4 nitrogen and oxygen atoms in total. The van der Waals surface area contributed by atoms with Crippen LogP contribution in [0.5, 0.6) is 0 Å². The summed E-state index contributed by atoms with van der Waals surface area (Å²) < 4.78 is 19.4. The maximum absolute atomic E-state index is 13.6. The van der Waals surface area contributed by atoms with Crippen molar-refractivity contribution in [3.05, 3.63) is 24.0 Å². The molecule has 1 aliphatic carbocycles. The Hall–Kier alpha value is -1.33. The number of hydrogen-bond acceptors (Lipinski definition) is 4. The van der Waals surface area contributed by atoms with Gasteiger partial charge in [-0.05, 0) is 64.5 Å². The summed E-state index contributed by atoms with van der Waals surface area (Å²) in [5.41, 5.74) is 7.10. The van der Waals surface area contributed by atoms with Gasteiger partial charge >= 0.3 is 0 Å². The number of piperidine rings is 1. The van der Waals surface area contributed by atoms with Gasteiger partial charge in [0.2, 0.25) is 0 Å². The van der Waals surface area contributed by atoms with Crippen molar-refractivity contribution in [2.75, 3.05) is 30.7 Å². The number of benzene rings is 1. The molecule has 0 spiro atoms. The van der Waals surface area contributed by atoms with Gasteiger partial charge in [-0.15, -0.1) is 0 Å². The van der Waals surface area contributed by atoms with Gasteiger partial charge in [-0.25, -0.2) is 4.39 Å². The van der Waals surface area contributed by atoms with Gasteiger partial charge in [0, 0.05) is 31.3 Å². The number of nitrogens with two attached hydrogens (primary N) is 1. The molecule has 1 aromatic rings. The van der Waals surface area contributed by atoms with Crippen molar-refractivity contribution >= 4 is 11.4 Å². The zero-order valence-electron chi connectivity index (χ0n) is 15.6. The van der Waals surface area contributed by atoms with Crippen LogP contribution in [-0.2, 0) is 4.74 Å².